The minimum atomic E-state index is -0.892. The van der Waals surface area contributed by atoms with Crippen molar-refractivity contribution in [1.82, 2.24) is 4.90 Å². The Morgan fingerprint density at radius 3 is 1.96 bits per heavy atom. The lowest BCUT2D eigenvalue weighted by atomic mass is 9.97. The van der Waals surface area contributed by atoms with Crippen LogP contribution < -0.4 is 0 Å². The Balaban J connectivity index is 3.09. The molecule has 0 amide bonds. The quantitative estimate of drug-likeness (QED) is 0.376. The van der Waals surface area contributed by atoms with Crippen molar-refractivity contribution < 1.29 is 33.3 Å². The highest BCUT2D eigenvalue weighted by atomic mass is 79.9. The maximum Gasteiger partial charge on any atom is 0.303 e. The Bertz CT molecular complexity index is 456. The molecule has 1 rings (SSSR count). The first-order chi connectivity index (χ1) is 10.6. The van der Waals surface area contributed by atoms with Crippen molar-refractivity contribution in [1.29, 1.82) is 0 Å². The average Bonchev–Trinajstić information content (AvgIpc) is 2.38. The molecule has 1 heterocycles. The van der Waals surface area contributed by atoms with Crippen molar-refractivity contribution in [2.45, 2.75) is 50.1 Å². The normalized spacial score (nSPS) is 30.7. The second-order valence-corrected chi connectivity index (χ2v) is 6.33. The molecule has 0 aliphatic carbocycles. The number of alkyl halides is 1. The first-order valence-electron chi connectivity index (χ1n) is 7.07. The molecule has 5 atom stereocenters. The SMILES string of the molecule is CC(=O)OC[C@H]1OC(Br)[C@H](N(C)C)[C@@H](OC(C)=O)[C@@H]1OC(C)=O. The highest BCUT2D eigenvalue weighted by Gasteiger charge is 2.50. The van der Waals surface area contributed by atoms with Crippen LogP contribution in [-0.4, -0.2) is 72.9 Å². The van der Waals surface area contributed by atoms with Crippen molar-refractivity contribution in [3.8, 4) is 0 Å². The van der Waals surface area contributed by atoms with Crippen LogP contribution >= 0.6 is 15.9 Å². The summed E-state index contributed by atoms with van der Waals surface area (Å²) in [6, 6.07) is -0.392. The van der Waals surface area contributed by atoms with Crippen LogP contribution in [0.4, 0.5) is 0 Å². The smallest absolute Gasteiger partial charge is 0.303 e. The Morgan fingerprint density at radius 2 is 1.52 bits per heavy atom. The van der Waals surface area contributed by atoms with Crippen LogP contribution in [0.15, 0.2) is 0 Å². The summed E-state index contributed by atoms with van der Waals surface area (Å²) in [5.41, 5.74) is 0. The molecule has 0 radical (unpaired) electrons. The lowest BCUT2D eigenvalue weighted by Gasteiger charge is -2.45. The summed E-state index contributed by atoms with van der Waals surface area (Å²) in [5, 5.41) is -0.505. The third kappa shape index (κ3) is 5.74. The monoisotopic (exact) mass is 395 g/mol. The zero-order chi connectivity index (χ0) is 17.7. The summed E-state index contributed by atoms with van der Waals surface area (Å²) in [6.07, 6.45) is -2.42. The zero-order valence-electron chi connectivity index (χ0n) is 13.8. The fourth-order valence-corrected chi connectivity index (χ4v) is 3.46. The fourth-order valence-electron chi connectivity index (χ4n) is 2.40. The summed E-state index contributed by atoms with van der Waals surface area (Å²) >= 11 is 3.39. The van der Waals surface area contributed by atoms with E-state index in [2.05, 4.69) is 15.9 Å². The van der Waals surface area contributed by atoms with Crippen LogP contribution in [0, 0.1) is 0 Å². The summed E-state index contributed by atoms with van der Waals surface area (Å²) < 4.78 is 21.4. The van der Waals surface area contributed by atoms with E-state index in [0.717, 1.165) is 0 Å². The van der Waals surface area contributed by atoms with E-state index in [1.165, 1.54) is 20.8 Å². The van der Waals surface area contributed by atoms with Gasteiger partial charge in [-0.05, 0) is 14.1 Å². The van der Waals surface area contributed by atoms with Gasteiger partial charge in [0.25, 0.3) is 0 Å². The second-order valence-electron chi connectivity index (χ2n) is 5.43. The molecule has 8 nitrogen and oxygen atoms in total. The molecule has 9 heteroatoms. The Hall–Kier alpha value is -1.19. The first-order valence-corrected chi connectivity index (χ1v) is 7.98. The number of rotatable bonds is 5. The van der Waals surface area contributed by atoms with E-state index in [1.54, 1.807) is 19.0 Å². The fraction of sp³-hybridized carbons (Fsp3) is 0.786. The Kier molecular flexibility index (Phi) is 7.43. The number of hydrogen-bond donors (Lipinski definition) is 0. The molecule has 1 unspecified atom stereocenters. The zero-order valence-corrected chi connectivity index (χ0v) is 15.4. The number of carbonyl (C=O) groups is 3. The summed E-state index contributed by atoms with van der Waals surface area (Å²) in [5.74, 6) is -1.54. The Morgan fingerprint density at radius 1 is 1.00 bits per heavy atom. The molecule has 1 saturated heterocycles. The van der Waals surface area contributed by atoms with Crippen LogP contribution in [0.25, 0.3) is 0 Å². The lowest BCUT2D eigenvalue weighted by Crippen LogP contribution is -2.63. The van der Waals surface area contributed by atoms with Gasteiger partial charge in [-0.1, -0.05) is 15.9 Å². The van der Waals surface area contributed by atoms with Crippen molar-refractivity contribution in [3.05, 3.63) is 0 Å². The molecule has 0 aromatic rings. The van der Waals surface area contributed by atoms with Crippen LogP contribution in [0.2, 0.25) is 0 Å². The highest BCUT2D eigenvalue weighted by molar-refractivity contribution is 9.09. The van der Waals surface area contributed by atoms with Crippen molar-refractivity contribution in [2.24, 2.45) is 0 Å². The standard InChI is InChI=1S/C14H22BrNO7/c1-7(17)20-6-10-12(21-8(2)18)13(22-9(3)19)11(16(4)5)14(15)23-10/h10-14H,6H2,1-5H3/t10-,11-,12-,13-,14?/m1/s1. The lowest BCUT2D eigenvalue weighted by molar-refractivity contribution is -0.218. The molecule has 132 valence electrons. The summed E-state index contributed by atoms with van der Waals surface area (Å²) in [7, 11) is 3.58. The number of carbonyl (C=O) groups excluding carboxylic acids is 3. The predicted octanol–water partition coefficient (Wildman–Crippen LogP) is 0.463. The van der Waals surface area contributed by atoms with Gasteiger partial charge in [0, 0.05) is 20.8 Å². The van der Waals surface area contributed by atoms with Gasteiger partial charge in [-0.15, -0.1) is 0 Å². The van der Waals surface area contributed by atoms with Gasteiger partial charge in [0.15, 0.2) is 12.2 Å². The molecule has 0 bridgehead atoms. The first kappa shape index (κ1) is 19.9. The predicted molar refractivity (Wildman–Crippen MR) is 82.8 cm³/mol. The third-order valence-corrected chi connectivity index (χ3v) is 4.01. The van der Waals surface area contributed by atoms with E-state index < -0.39 is 47.3 Å². The van der Waals surface area contributed by atoms with E-state index >= 15 is 0 Å². The van der Waals surface area contributed by atoms with Gasteiger partial charge in [-0.2, -0.15) is 0 Å². The molecule has 0 spiro atoms. The number of nitrogens with zero attached hydrogens (tertiary/aromatic N) is 1. The number of halogens is 1. The third-order valence-electron chi connectivity index (χ3n) is 3.25. The molecule has 0 N–H and O–H groups in total. The van der Waals surface area contributed by atoms with Gasteiger partial charge in [0.1, 0.15) is 17.7 Å². The van der Waals surface area contributed by atoms with Gasteiger partial charge in [-0.25, -0.2) is 0 Å². The summed E-state index contributed by atoms with van der Waals surface area (Å²) in [4.78, 5) is 35.7. The minimum Gasteiger partial charge on any atom is -0.463 e. The van der Waals surface area contributed by atoms with E-state index in [1.807, 2.05) is 0 Å². The van der Waals surface area contributed by atoms with Gasteiger partial charge < -0.3 is 18.9 Å². The van der Waals surface area contributed by atoms with E-state index in [4.69, 9.17) is 18.9 Å². The van der Waals surface area contributed by atoms with Crippen molar-refractivity contribution >= 4 is 33.8 Å². The van der Waals surface area contributed by atoms with Gasteiger partial charge >= 0.3 is 17.9 Å². The van der Waals surface area contributed by atoms with E-state index in [9.17, 15) is 14.4 Å². The molecule has 1 aliphatic heterocycles. The Labute approximate surface area is 143 Å². The van der Waals surface area contributed by atoms with Gasteiger partial charge in [-0.3, -0.25) is 19.3 Å². The minimum absolute atomic E-state index is 0.118. The van der Waals surface area contributed by atoms with Gasteiger partial charge in [0.2, 0.25) is 0 Å². The van der Waals surface area contributed by atoms with Crippen LogP contribution in [0.3, 0.4) is 0 Å². The van der Waals surface area contributed by atoms with E-state index in [-0.39, 0.29) is 6.61 Å². The maximum absolute atomic E-state index is 11.5. The number of hydrogen-bond acceptors (Lipinski definition) is 8. The van der Waals surface area contributed by atoms with E-state index in [0.29, 0.717) is 0 Å². The number of likely N-dealkylation sites (N-methyl/N-ethyl adjacent to an activating group) is 1. The molecule has 0 aromatic carbocycles. The van der Waals surface area contributed by atoms with Gasteiger partial charge in [0.05, 0.1) is 6.04 Å². The number of ether oxygens (including phenoxy) is 4. The van der Waals surface area contributed by atoms with Crippen LogP contribution in [0.1, 0.15) is 20.8 Å². The van der Waals surface area contributed by atoms with Crippen molar-refractivity contribution in [3.63, 3.8) is 0 Å². The molecule has 0 saturated carbocycles. The molecular weight excluding hydrogens is 374 g/mol. The molecule has 1 aliphatic rings. The number of esters is 3. The molecule has 0 aromatic heterocycles. The molecule has 23 heavy (non-hydrogen) atoms. The summed E-state index contributed by atoms with van der Waals surface area (Å²) in [6.45, 7) is 3.67. The maximum atomic E-state index is 11.5. The topological polar surface area (TPSA) is 91.4 Å². The average molecular weight is 396 g/mol. The molecular formula is C14H22BrNO7. The molecule has 1 fully saturated rings. The van der Waals surface area contributed by atoms with Crippen LogP contribution in [0.5, 0.6) is 0 Å². The second kappa shape index (κ2) is 8.60. The highest BCUT2D eigenvalue weighted by Crippen LogP contribution is 2.31. The largest absolute Gasteiger partial charge is 0.463 e. The van der Waals surface area contributed by atoms with Crippen LogP contribution in [-0.2, 0) is 33.3 Å². The van der Waals surface area contributed by atoms with Crippen molar-refractivity contribution in [2.75, 3.05) is 20.7 Å².